The molecule has 0 spiro atoms. The van der Waals surface area contributed by atoms with Gasteiger partial charge in [-0.15, -0.1) is 0 Å². The summed E-state index contributed by atoms with van der Waals surface area (Å²) < 4.78 is 0. The molecular weight excluding hydrogens is 506 g/mol. The lowest BCUT2D eigenvalue weighted by Crippen LogP contribution is -2.44. The number of aromatic carboxylic acids is 2. The van der Waals surface area contributed by atoms with Crippen molar-refractivity contribution in [2.45, 2.75) is 19.4 Å². The standard InChI is InChI=1S/C23H29N5O10/c29-19(30)13-26(11-15-3-1-5-17(24-15)21(33)34)7-9-28(23(37)38)10-8-27(14-20(31)32)12-16-4-2-6-18(25-16)22(35)36/h1-6,19,29-30H,7-14H2,(H,31,32)(H,33,34)(H,35,36)(H,37,38). The number of rotatable bonds is 16. The van der Waals surface area contributed by atoms with Crippen LogP contribution in [0.25, 0.3) is 0 Å². The molecule has 0 bridgehead atoms. The van der Waals surface area contributed by atoms with Gasteiger partial charge in [-0.05, 0) is 24.3 Å². The highest BCUT2D eigenvalue weighted by Gasteiger charge is 2.20. The Balaban J connectivity index is 2.06. The molecule has 2 heterocycles. The summed E-state index contributed by atoms with van der Waals surface area (Å²) in [4.78, 5) is 57.4. The fraction of sp³-hybridized carbons (Fsp3) is 0.391. The van der Waals surface area contributed by atoms with Gasteiger partial charge in [0, 0.05) is 45.8 Å². The van der Waals surface area contributed by atoms with Gasteiger partial charge in [0.1, 0.15) is 11.4 Å². The third kappa shape index (κ3) is 10.4. The second-order valence-electron chi connectivity index (χ2n) is 8.23. The fourth-order valence-electron chi connectivity index (χ4n) is 3.53. The molecule has 0 saturated heterocycles. The highest BCUT2D eigenvalue weighted by atomic mass is 16.5. The van der Waals surface area contributed by atoms with Gasteiger partial charge in [0.2, 0.25) is 0 Å². The van der Waals surface area contributed by atoms with Crippen LogP contribution >= 0.6 is 0 Å². The number of pyridine rings is 2. The van der Waals surface area contributed by atoms with Crippen LogP contribution in [0.3, 0.4) is 0 Å². The number of aliphatic hydroxyl groups is 2. The first-order chi connectivity index (χ1) is 17.9. The Bertz CT molecular complexity index is 1130. The van der Waals surface area contributed by atoms with Gasteiger partial charge in [0.25, 0.3) is 0 Å². The lowest BCUT2D eigenvalue weighted by Gasteiger charge is -2.28. The van der Waals surface area contributed by atoms with Crippen molar-refractivity contribution in [2.24, 2.45) is 0 Å². The van der Waals surface area contributed by atoms with E-state index in [0.717, 1.165) is 4.90 Å². The first kappa shape index (κ1) is 30.0. The van der Waals surface area contributed by atoms with E-state index in [-0.39, 0.29) is 57.2 Å². The average Bonchev–Trinajstić information content (AvgIpc) is 2.83. The minimum absolute atomic E-state index is 0.0115. The van der Waals surface area contributed by atoms with Crippen molar-refractivity contribution < 1.29 is 49.8 Å². The number of carboxylic acids is 3. The average molecular weight is 536 g/mol. The number of amides is 1. The molecule has 2 aromatic rings. The van der Waals surface area contributed by atoms with Gasteiger partial charge in [-0.3, -0.25) is 14.6 Å². The second-order valence-corrected chi connectivity index (χ2v) is 8.23. The summed E-state index contributed by atoms with van der Waals surface area (Å²) in [5.74, 6) is -3.63. The first-order valence-electron chi connectivity index (χ1n) is 11.3. The molecule has 0 radical (unpaired) electrons. The molecule has 15 heteroatoms. The van der Waals surface area contributed by atoms with Crippen LogP contribution in [0, 0.1) is 0 Å². The van der Waals surface area contributed by atoms with E-state index in [9.17, 15) is 39.6 Å². The van der Waals surface area contributed by atoms with Crippen molar-refractivity contribution in [1.82, 2.24) is 24.7 Å². The fourth-order valence-corrected chi connectivity index (χ4v) is 3.53. The molecule has 1 amide bonds. The predicted octanol–water partition coefficient (Wildman–Crippen LogP) is -0.447. The quantitative estimate of drug-likeness (QED) is 0.150. The normalized spacial score (nSPS) is 11.2. The van der Waals surface area contributed by atoms with E-state index in [0.29, 0.717) is 11.4 Å². The number of aliphatic carboxylic acids is 1. The first-order valence-corrected chi connectivity index (χ1v) is 11.3. The molecule has 0 saturated carbocycles. The van der Waals surface area contributed by atoms with Crippen molar-refractivity contribution in [3.05, 3.63) is 59.2 Å². The zero-order valence-corrected chi connectivity index (χ0v) is 20.3. The van der Waals surface area contributed by atoms with E-state index in [1.165, 1.54) is 40.1 Å². The van der Waals surface area contributed by atoms with E-state index < -0.39 is 36.8 Å². The zero-order valence-electron chi connectivity index (χ0n) is 20.3. The van der Waals surface area contributed by atoms with Gasteiger partial charge in [-0.1, -0.05) is 12.1 Å². The lowest BCUT2D eigenvalue weighted by atomic mass is 10.2. The molecule has 38 heavy (non-hydrogen) atoms. The molecule has 0 aromatic carbocycles. The molecule has 2 rings (SSSR count). The van der Waals surface area contributed by atoms with E-state index >= 15 is 0 Å². The van der Waals surface area contributed by atoms with E-state index in [1.54, 1.807) is 6.07 Å². The number of carboxylic acid groups (broad SMARTS) is 4. The Morgan fingerprint density at radius 3 is 1.61 bits per heavy atom. The Labute approximate surface area is 216 Å². The van der Waals surface area contributed by atoms with E-state index in [2.05, 4.69) is 9.97 Å². The SMILES string of the molecule is O=C(O)CN(CCN(CCN(Cc1cccc(C(=O)O)n1)CC(O)O)C(=O)O)Cc1cccc(C(=O)O)n1. The predicted molar refractivity (Wildman–Crippen MR) is 128 cm³/mol. The number of nitrogens with zero attached hydrogens (tertiary/aromatic N) is 5. The van der Waals surface area contributed by atoms with Gasteiger partial charge in [-0.2, -0.15) is 0 Å². The highest BCUT2D eigenvalue weighted by molar-refractivity contribution is 5.85. The number of carbonyl (C=O) groups is 4. The molecule has 0 aliphatic carbocycles. The largest absolute Gasteiger partial charge is 0.480 e. The molecule has 6 N–H and O–H groups in total. The van der Waals surface area contributed by atoms with Crippen LogP contribution in [0.1, 0.15) is 32.4 Å². The highest BCUT2D eigenvalue weighted by Crippen LogP contribution is 2.08. The molecular formula is C23H29N5O10. The van der Waals surface area contributed by atoms with Crippen LogP contribution in [0.5, 0.6) is 0 Å². The zero-order chi connectivity index (χ0) is 28.2. The minimum Gasteiger partial charge on any atom is -0.480 e. The molecule has 15 nitrogen and oxygen atoms in total. The summed E-state index contributed by atoms with van der Waals surface area (Å²) in [6.45, 7) is -0.896. The van der Waals surface area contributed by atoms with Crippen molar-refractivity contribution >= 4 is 24.0 Å². The smallest absolute Gasteiger partial charge is 0.407 e. The van der Waals surface area contributed by atoms with Crippen molar-refractivity contribution in [2.75, 3.05) is 39.3 Å². The Kier molecular flexibility index (Phi) is 11.5. The molecule has 0 atom stereocenters. The monoisotopic (exact) mass is 535 g/mol. The lowest BCUT2D eigenvalue weighted by molar-refractivity contribution is -0.138. The van der Waals surface area contributed by atoms with Gasteiger partial charge in [0.15, 0.2) is 6.29 Å². The van der Waals surface area contributed by atoms with Crippen molar-refractivity contribution in [1.29, 1.82) is 0 Å². The maximum atomic E-state index is 11.8. The van der Waals surface area contributed by atoms with Crippen LogP contribution in [-0.2, 0) is 17.9 Å². The number of aromatic nitrogens is 2. The van der Waals surface area contributed by atoms with E-state index in [1.807, 2.05) is 0 Å². The summed E-state index contributed by atoms with van der Waals surface area (Å²) in [5, 5.41) is 56.0. The Morgan fingerprint density at radius 2 is 1.18 bits per heavy atom. The number of aliphatic hydroxyl groups excluding tert-OH is 1. The summed E-state index contributed by atoms with van der Waals surface area (Å²) >= 11 is 0. The van der Waals surface area contributed by atoms with Crippen LogP contribution < -0.4 is 0 Å². The maximum absolute atomic E-state index is 11.8. The van der Waals surface area contributed by atoms with Crippen LogP contribution in [0.15, 0.2) is 36.4 Å². The van der Waals surface area contributed by atoms with Gasteiger partial charge in [0.05, 0.1) is 17.9 Å². The van der Waals surface area contributed by atoms with Crippen LogP contribution in [0.2, 0.25) is 0 Å². The third-order valence-electron chi connectivity index (χ3n) is 5.25. The topological polar surface area (TPSA) is 225 Å². The summed E-state index contributed by atoms with van der Waals surface area (Å²) in [5.41, 5.74) is 0.226. The summed E-state index contributed by atoms with van der Waals surface area (Å²) in [6, 6.07) is 8.64. The van der Waals surface area contributed by atoms with Crippen LogP contribution in [0.4, 0.5) is 4.79 Å². The summed E-state index contributed by atoms with van der Waals surface area (Å²) in [7, 11) is 0. The molecule has 0 fully saturated rings. The Morgan fingerprint density at radius 1 is 0.711 bits per heavy atom. The van der Waals surface area contributed by atoms with Gasteiger partial charge < -0.3 is 35.5 Å². The molecule has 2 aromatic heterocycles. The Hall–Kier alpha value is -4.18. The van der Waals surface area contributed by atoms with E-state index in [4.69, 9.17) is 10.2 Å². The van der Waals surface area contributed by atoms with Crippen molar-refractivity contribution in [3.8, 4) is 0 Å². The molecule has 0 aliphatic heterocycles. The number of hydrogen-bond acceptors (Lipinski definition) is 10. The van der Waals surface area contributed by atoms with Crippen LogP contribution in [-0.4, -0.2) is 125 Å². The third-order valence-corrected chi connectivity index (χ3v) is 5.25. The second kappa shape index (κ2) is 14.5. The molecule has 0 unspecified atom stereocenters. The van der Waals surface area contributed by atoms with Gasteiger partial charge in [-0.25, -0.2) is 24.4 Å². The molecule has 206 valence electrons. The number of hydrogen-bond donors (Lipinski definition) is 6. The van der Waals surface area contributed by atoms with Crippen molar-refractivity contribution in [3.63, 3.8) is 0 Å². The minimum atomic E-state index is -1.74. The summed E-state index contributed by atoms with van der Waals surface area (Å²) in [6.07, 6.45) is -3.03. The maximum Gasteiger partial charge on any atom is 0.407 e. The van der Waals surface area contributed by atoms with Gasteiger partial charge >= 0.3 is 24.0 Å². The molecule has 0 aliphatic rings.